The van der Waals surface area contributed by atoms with Gasteiger partial charge in [0.25, 0.3) is 5.91 Å². The molecule has 21 nitrogen and oxygen atoms in total. The maximum Gasteiger partial charge on any atom is 0.324 e. The molecule has 0 radical (unpaired) electrons. The first kappa shape index (κ1) is 41.6. The highest BCUT2D eigenvalue weighted by Gasteiger charge is 2.35. The molecule has 0 saturated heterocycles. The van der Waals surface area contributed by atoms with Gasteiger partial charge in [0.2, 0.25) is 17.7 Å². The second-order valence-electron chi connectivity index (χ2n) is 8.71. The SMILES string of the molecule is N[C@@H](CCC(=O)N[C@@H](CSSC[C@H](NC(=O)CC[C@H](N)C(=O)O)C(=O)N(CC(=O)O)S(=O)(=O)NCl)C(=O)NCC(=O)O)C(=O)O. The minimum Gasteiger partial charge on any atom is -0.480 e. The summed E-state index contributed by atoms with van der Waals surface area (Å²) in [6, 6.07) is -5.98. The highest BCUT2D eigenvalue weighted by atomic mass is 35.5. The van der Waals surface area contributed by atoms with E-state index >= 15 is 0 Å². The van der Waals surface area contributed by atoms with E-state index in [4.69, 9.17) is 43.7 Å². The zero-order valence-electron chi connectivity index (χ0n) is 23.0. The number of amides is 4. The van der Waals surface area contributed by atoms with Crippen LogP contribution in [-0.2, 0) is 48.6 Å². The summed E-state index contributed by atoms with van der Waals surface area (Å²) in [6.45, 7) is -2.22. The highest BCUT2D eigenvalue weighted by Crippen LogP contribution is 2.24. The Morgan fingerprint density at radius 1 is 0.756 bits per heavy atom. The topological polar surface area (TPSA) is 355 Å². The van der Waals surface area contributed by atoms with Gasteiger partial charge in [-0.25, -0.2) is 4.31 Å². The molecule has 0 fully saturated rings. The van der Waals surface area contributed by atoms with Crippen molar-refractivity contribution in [3.63, 3.8) is 0 Å². The molecular weight excluding hydrogens is 694 g/mol. The van der Waals surface area contributed by atoms with Crippen LogP contribution in [0.2, 0.25) is 0 Å². The Morgan fingerprint density at radius 2 is 1.20 bits per heavy atom. The van der Waals surface area contributed by atoms with Gasteiger partial charge in [0, 0.05) is 24.3 Å². The van der Waals surface area contributed by atoms with Crippen LogP contribution >= 0.6 is 33.4 Å². The third-order valence-corrected chi connectivity index (χ3v) is 9.25. The Morgan fingerprint density at radius 3 is 1.60 bits per heavy atom. The normalized spacial score (nSPS) is 13.8. The highest BCUT2D eigenvalue weighted by molar-refractivity contribution is 8.76. The van der Waals surface area contributed by atoms with Crippen molar-refractivity contribution in [1.82, 2.24) is 24.5 Å². The molecule has 0 saturated carbocycles. The zero-order chi connectivity index (χ0) is 34.9. The van der Waals surface area contributed by atoms with Crippen molar-refractivity contribution in [3.05, 3.63) is 0 Å². The van der Waals surface area contributed by atoms with Crippen molar-refractivity contribution in [2.24, 2.45) is 11.5 Å². The van der Waals surface area contributed by atoms with Gasteiger partial charge in [0.05, 0.1) is 0 Å². The van der Waals surface area contributed by atoms with E-state index in [0.717, 1.165) is 21.6 Å². The van der Waals surface area contributed by atoms with Crippen LogP contribution < -0.4 is 31.7 Å². The van der Waals surface area contributed by atoms with Gasteiger partial charge >= 0.3 is 34.1 Å². The van der Waals surface area contributed by atoms with Crippen LogP contribution in [0.4, 0.5) is 0 Å². The first-order valence-corrected chi connectivity index (χ1v) is 16.6. The molecular formula is C20H32ClN7O14S3. The molecule has 4 amide bonds. The van der Waals surface area contributed by atoms with Gasteiger partial charge < -0.3 is 47.8 Å². The summed E-state index contributed by atoms with van der Waals surface area (Å²) in [4.78, 5) is 94.1. The van der Waals surface area contributed by atoms with Crippen LogP contribution in [0.3, 0.4) is 0 Å². The molecule has 45 heavy (non-hydrogen) atoms. The van der Waals surface area contributed by atoms with Crippen molar-refractivity contribution >= 4 is 91.1 Å². The number of hydrogen-bond donors (Lipinski definition) is 10. The summed E-state index contributed by atoms with van der Waals surface area (Å²) in [5.41, 5.74) is 10.7. The van der Waals surface area contributed by atoms with Crippen LogP contribution in [-0.4, -0.2) is 129 Å². The Hall–Kier alpha value is -3.42. The van der Waals surface area contributed by atoms with Gasteiger partial charge in [-0.3, -0.25) is 38.4 Å². The fourth-order valence-electron chi connectivity index (χ4n) is 2.85. The number of nitrogens with one attached hydrogen (secondary N) is 4. The number of aliphatic carboxylic acids is 4. The van der Waals surface area contributed by atoms with Gasteiger partial charge in [-0.15, -0.1) is 4.24 Å². The predicted octanol–water partition coefficient (Wildman–Crippen LogP) is -4.18. The number of carboxylic acid groups (broad SMARTS) is 4. The number of carboxylic acids is 4. The second-order valence-corrected chi connectivity index (χ2v) is 13.3. The fraction of sp³-hybridized carbons (Fsp3) is 0.600. The molecule has 0 rings (SSSR count). The number of halogens is 1. The molecule has 0 spiro atoms. The van der Waals surface area contributed by atoms with Gasteiger partial charge in [0.1, 0.15) is 37.3 Å². The zero-order valence-corrected chi connectivity index (χ0v) is 26.2. The average Bonchev–Trinajstić information content (AvgIpc) is 2.96. The van der Waals surface area contributed by atoms with Crippen LogP contribution in [0.15, 0.2) is 0 Å². The number of carbonyl (C=O) groups is 8. The molecule has 0 aromatic carbocycles. The third kappa shape index (κ3) is 17.0. The maximum atomic E-state index is 13.1. The standard InChI is InChI=1S/C20H32ClN7O14S3/c21-27-45(41,42)28(6-16(33)34)18(36)12(26-14(30)4-2-10(23)20(39)40)8-44-43-7-11(17(35)24-5-15(31)32)25-13(29)3-1-9(22)19(37)38/h9-12,27H,1-8,22-23H2,(H,24,35)(H,25,29)(H,26,30)(H,31,32)(H,33,34)(H,37,38)(H,39,40)/t9-,10-,11-,12-/m0/s1. The minimum absolute atomic E-state index is 0.175. The van der Waals surface area contributed by atoms with E-state index in [1.807, 2.05) is 5.32 Å². The van der Waals surface area contributed by atoms with Gasteiger partial charge in [-0.1, -0.05) is 21.6 Å². The van der Waals surface area contributed by atoms with E-state index in [2.05, 4.69) is 10.6 Å². The molecule has 0 aliphatic rings. The first-order valence-electron chi connectivity index (χ1n) is 12.3. The predicted molar refractivity (Wildman–Crippen MR) is 156 cm³/mol. The lowest BCUT2D eigenvalue weighted by molar-refractivity contribution is -0.142. The van der Waals surface area contributed by atoms with E-state index in [9.17, 15) is 46.8 Å². The fourth-order valence-corrected chi connectivity index (χ4v) is 6.15. The summed E-state index contributed by atoms with van der Waals surface area (Å²) in [5.74, 6) is -11.0. The van der Waals surface area contributed by atoms with E-state index < -0.39 is 114 Å². The summed E-state index contributed by atoms with van der Waals surface area (Å²) in [7, 11) is -3.41. The minimum atomic E-state index is -4.91. The number of rotatable bonds is 23. The van der Waals surface area contributed by atoms with Crippen molar-refractivity contribution in [2.45, 2.75) is 49.9 Å². The Balaban J connectivity index is 5.78. The van der Waals surface area contributed by atoms with Crippen molar-refractivity contribution < 1.29 is 67.2 Å². The van der Waals surface area contributed by atoms with Crippen LogP contribution in [0, 0.1) is 0 Å². The number of nitrogens with two attached hydrogens (primary N) is 2. The summed E-state index contributed by atoms with van der Waals surface area (Å²) < 4.78 is 25.5. The quantitative estimate of drug-likeness (QED) is 0.0271. The van der Waals surface area contributed by atoms with Crippen molar-refractivity contribution in [2.75, 3.05) is 24.6 Å². The van der Waals surface area contributed by atoms with Gasteiger partial charge in [-0.05, 0) is 24.6 Å². The van der Waals surface area contributed by atoms with E-state index in [-0.39, 0.29) is 22.9 Å². The molecule has 0 aliphatic carbocycles. The van der Waals surface area contributed by atoms with Crippen LogP contribution in [0.5, 0.6) is 0 Å². The molecule has 0 bridgehead atoms. The second kappa shape index (κ2) is 20.6. The Bertz CT molecular complexity index is 1230. The molecule has 12 N–H and O–H groups in total. The van der Waals surface area contributed by atoms with Gasteiger partial charge in [0.15, 0.2) is 0 Å². The molecule has 0 aliphatic heterocycles. The smallest absolute Gasteiger partial charge is 0.324 e. The van der Waals surface area contributed by atoms with E-state index in [0.29, 0.717) is 0 Å². The molecule has 0 heterocycles. The summed E-state index contributed by atoms with van der Waals surface area (Å²) in [5, 5.41) is 42.1. The summed E-state index contributed by atoms with van der Waals surface area (Å²) >= 11 is 5.14. The molecule has 0 aromatic rings. The maximum absolute atomic E-state index is 13.1. The monoisotopic (exact) mass is 725 g/mol. The third-order valence-electron chi connectivity index (χ3n) is 5.16. The van der Waals surface area contributed by atoms with E-state index in [1.165, 1.54) is 4.24 Å². The number of nitrogens with zero attached hydrogens (tertiary/aromatic N) is 1. The van der Waals surface area contributed by atoms with Crippen LogP contribution in [0.1, 0.15) is 25.7 Å². The lowest BCUT2D eigenvalue weighted by Gasteiger charge is -2.25. The number of carbonyl (C=O) groups excluding carboxylic acids is 4. The van der Waals surface area contributed by atoms with E-state index in [1.54, 1.807) is 0 Å². The largest absolute Gasteiger partial charge is 0.480 e. The molecule has 25 heteroatoms. The van der Waals surface area contributed by atoms with Crippen molar-refractivity contribution in [3.8, 4) is 0 Å². The summed E-state index contributed by atoms with van der Waals surface area (Å²) in [6.07, 6.45) is -1.61. The Labute approximate surface area is 268 Å². The lowest BCUT2D eigenvalue weighted by atomic mass is 10.1. The average molecular weight is 726 g/mol. The molecule has 256 valence electrons. The van der Waals surface area contributed by atoms with Gasteiger partial charge in [-0.2, -0.15) is 8.42 Å². The molecule has 0 unspecified atom stereocenters. The first-order chi connectivity index (χ1) is 20.8. The molecule has 0 aromatic heterocycles. The Kier molecular flexibility index (Phi) is 19.0. The number of hydrogen-bond acceptors (Lipinski definition) is 14. The lowest BCUT2D eigenvalue weighted by Crippen LogP contribution is -2.54. The molecule has 4 atom stereocenters. The van der Waals surface area contributed by atoms with Crippen molar-refractivity contribution in [1.29, 1.82) is 0 Å². The van der Waals surface area contributed by atoms with Crippen LogP contribution in [0.25, 0.3) is 0 Å².